The molecule has 0 saturated heterocycles. The maximum absolute atomic E-state index is 13.1. The molecule has 0 atom stereocenters. The smallest absolute Gasteiger partial charge is 0.126 e. The zero-order valence-electron chi connectivity index (χ0n) is 65.2. The molecule has 2 heterocycles. The van der Waals surface area contributed by atoms with Crippen LogP contribution >= 0.6 is 0 Å². The summed E-state index contributed by atoms with van der Waals surface area (Å²) in [5, 5.41) is 78.3. The van der Waals surface area contributed by atoms with E-state index in [-0.39, 0.29) is 104 Å². The topological polar surface area (TPSA) is 140 Å². The molecule has 0 unspecified atom stereocenters. The molecule has 0 aliphatic carbocycles. The van der Waals surface area contributed by atoms with E-state index in [2.05, 4.69) is 263 Å². The molecule has 0 saturated carbocycles. The summed E-state index contributed by atoms with van der Waals surface area (Å²) in [6, 6.07) is 34.4. The highest BCUT2D eigenvalue weighted by molar-refractivity contribution is 5.62. The molecule has 0 amide bonds. The Bertz CT molecular complexity index is 3920. The molecule has 100 heavy (non-hydrogen) atoms. The number of hydrogen-bond acceptors (Lipinski definition) is 8. The van der Waals surface area contributed by atoms with Crippen LogP contribution in [0.5, 0.6) is 46.0 Å². The standard InChI is InChI=1S/C92H118O8/c1-85(2,3)69-37-53-29-57-41-71(87(7,8)9)45-61(79(57)95)33-65-49-75(91(19,20)21)51-67-35-63-47-73(89(13,14)15)43-59(81(63)97)31-55-39-70(86(4,5)6)40-56(78(55)94)32-60-44-74(90(16,17)18)48-64(82(60)98)36-68-52-76(92(22,23)24)50-66(84(68)100-28-26-25-27-99-83(65)67)34-62-46-72(88(10,11)12)42-58(80(62)96)30-54(38-69)77(53)93/h37-52,93-98H,25-36H2,1-24H3. The van der Waals surface area contributed by atoms with Crippen molar-refractivity contribution in [1.29, 1.82) is 0 Å². The Hall–Kier alpha value is -7.84. The molecule has 0 aromatic heterocycles. The van der Waals surface area contributed by atoms with E-state index >= 15 is 0 Å². The Morgan fingerprint density at radius 2 is 0.300 bits per heavy atom. The first-order valence-corrected chi connectivity index (χ1v) is 36.7. The van der Waals surface area contributed by atoms with E-state index in [9.17, 15) is 30.6 Å². The van der Waals surface area contributed by atoms with E-state index in [1.54, 1.807) is 0 Å². The molecular formula is C92H118O8. The molecule has 14 bridgehead atoms. The van der Waals surface area contributed by atoms with Crippen molar-refractivity contribution in [3.05, 3.63) is 231 Å². The van der Waals surface area contributed by atoms with Crippen molar-refractivity contribution in [2.24, 2.45) is 0 Å². The summed E-state index contributed by atoms with van der Waals surface area (Å²) in [6.45, 7) is 53.4. The van der Waals surface area contributed by atoms with Crippen LogP contribution in [0.3, 0.4) is 0 Å². The quantitative estimate of drug-likeness (QED) is 0.0882. The summed E-state index contributed by atoms with van der Waals surface area (Å²) in [4.78, 5) is 0. The summed E-state index contributed by atoms with van der Waals surface area (Å²) in [5.41, 5.74) is 17.8. The summed E-state index contributed by atoms with van der Waals surface area (Å²) < 4.78 is 14.7. The zero-order chi connectivity index (χ0) is 73.7. The van der Waals surface area contributed by atoms with Crippen LogP contribution in [0.25, 0.3) is 0 Å². The average molecular weight is 1350 g/mol. The van der Waals surface area contributed by atoms with Gasteiger partial charge in [0.2, 0.25) is 0 Å². The number of rotatable bonds is 0. The van der Waals surface area contributed by atoms with Crippen molar-refractivity contribution < 1.29 is 40.1 Å². The fraction of sp³-hybridized carbons (Fsp3) is 0.478. The highest BCUT2D eigenvalue weighted by Crippen LogP contribution is 2.47. The highest BCUT2D eigenvalue weighted by atomic mass is 16.5. The second-order valence-electron chi connectivity index (χ2n) is 37.9. The first-order valence-electron chi connectivity index (χ1n) is 36.7. The third kappa shape index (κ3) is 16.4. The first-order chi connectivity index (χ1) is 46.0. The van der Waals surface area contributed by atoms with Crippen molar-refractivity contribution in [3.63, 3.8) is 0 Å². The lowest BCUT2D eigenvalue weighted by atomic mass is 9.79. The van der Waals surface area contributed by atoms with E-state index in [0.29, 0.717) is 108 Å². The van der Waals surface area contributed by atoms with Crippen molar-refractivity contribution in [1.82, 2.24) is 0 Å². The van der Waals surface area contributed by atoms with Crippen LogP contribution in [0.2, 0.25) is 0 Å². The minimum absolute atomic E-state index is 0.126. The molecule has 8 nitrogen and oxygen atoms in total. The number of fused-ring (bicyclic) bond motifs is 17. The molecule has 0 fully saturated rings. The normalized spacial score (nSPS) is 14.9. The van der Waals surface area contributed by atoms with Gasteiger partial charge in [0.05, 0.1) is 13.2 Å². The Kier molecular flexibility index (Phi) is 20.1. The van der Waals surface area contributed by atoms with Gasteiger partial charge in [0, 0.05) is 51.4 Å². The van der Waals surface area contributed by atoms with Crippen LogP contribution in [0.15, 0.2) is 97.1 Å². The van der Waals surface area contributed by atoms with Crippen molar-refractivity contribution in [2.75, 3.05) is 13.2 Å². The van der Waals surface area contributed by atoms with Crippen LogP contribution in [0.4, 0.5) is 0 Å². The largest absolute Gasteiger partial charge is 0.507 e. The Balaban J connectivity index is 1.33. The van der Waals surface area contributed by atoms with Crippen LogP contribution < -0.4 is 9.47 Å². The van der Waals surface area contributed by atoms with E-state index < -0.39 is 0 Å². The fourth-order valence-corrected chi connectivity index (χ4v) is 14.2. The van der Waals surface area contributed by atoms with Gasteiger partial charge in [0.25, 0.3) is 0 Å². The van der Waals surface area contributed by atoms with E-state index in [4.69, 9.17) is 9.47 Å². The summed E-state index contributed by atoms with van der Waals surface area (Å²) >= 11 is 0. The molecule has 8 heteroatoms. The first kappa shape index (κ1) is 74.8. The van der Waals surface area contributed by atoms with E-state index in [1.807, 2.05) is 0 Å². The number of benzene rings is 8. The number of hydrogen-bond donors (Lipinski definition) is 6. The van der Waals surface area contributed by atoms with Gasteiger partial charge in [-0.3, -0.25) is 0 Å². The van der Waals surface area contributed by atoms with Gasteiger partial charge in [-0.1, -0.05) is 263 Å². The van der Waals surface area contributed by atoms with Crippen molar-refractivity contribution in [3.8, 4) is 46.0 Å². The van der Waals surface area contributed by atoms with Crippen LogP contribution in [-0.2, 0) is 94.7 Å². The monoisotopic (exact) mass is 1350 g/mol. The predicted molar refractivity (Wildman–Crippen MR) is 414 cm³/mol. The SMILES string of the molecule is CC(C)(C)c1cc2c(O)c(c1)Cc1cc(C(C)(C)C)cc(c1O)Cc1cc(C(C)(C)C)cc3c1OCCCCOc1c(cc(C(C)(C)C)cc1Cc1cc(C(C)(C)C)cc(c1O)Cc1cc(C(C)(C)C)cc(c1O)Cc1cc(C(C)(C)C)cc(c1O)C3)Cc1cc(C(C)(C)C)cc(c1O)C2. The van der Waals surface area contributed by atoms with Crippen molar-refractivity contribution in [2.45, 2.75) is 274 Å². The van der Waals surface area contributed by atoms with Gasteiger partial charge < -0.3 is 40.1 Å². The van der Waals surface area contributed by atoms with Gasteiger partial charge in [0.15, 0.2) is 0 Å². The lowest BCUT2D eigenvalue weighted by Crippen LogP contribution is -2.16. The zero-order valence-corrected chi connectivity index (χ0v) is 65.2. The molecular weight excluding hydrogens is 1230 g/mol. The number of aromatic hydroxyl groups is 6. The van der Waals surface area contributed by atoms with Gasteiger partial charge in [-0.2, -0.15) is 0 Å². The molecule has 534 valence electrons. The van der Waals surface area contributed by atoms with E-state index in [1.165, 1.54) is 0 Å². The van der Waals surface area contributed by atoms with Gasteiger partial charge >= 0.3 is 0 Å². The van der Waals surface area contributed by atoms with Crippen LogP contribution in [0, 0.1) is 0 Å². The average Bonchev–Trinajstić information content (AvgIpc) is 0.794. The molecule has 2 aliphatic heterocycles. The van der Waals surface area contributed by atoms with Gasteiger partial charge in [-0.05, 0) is 190 Å². The molecule has 10 rings (SSSR count). The number of phenols is 6. The second kappa shape index (κ2) is 26.8. The predicted octanol–water partition coefficient (Wildman–Crippen LogP) is 21.9. The maximum atomic E-state index is 13.1. The van der Waals surface area contributed by atoms with Gasteiger partial charge in [-0.25, -0.2) is 0 Å². The lowest BCUT2D eigenvalue weighted by molar-refractivity contribution is 0.261. The highest BCUT2D eigenvalue weighted by Gasteiger charge is 2.32. The number of phenolic OH excluding ortho intramolecular Hbond substituents is 6. The Labute approximate surface area is 600 Å². The Morgan fingerprint density at radius 1 is 0.190 bits per heavy atom. The molecule has 0 radical (unpaired) electrons. The molecule has 8 aromatic rings. The second-order valence-corrected chi connectivity index (χ2v) is 37.9. The number of ether oxygens (including phenoxy) is 2. The molecule has 2 aliphatic rings. The van der Waals surface area contributed by atoms with Gasteiger partial charge in [0.1, 0.15) is 46.0 Å². The van der Waals surface area contributed by atoms with E-state index in [0.717, 1.165) is 89.0 Å². The molecule has 0 spiro atoms. The molecule has 6 N–H and O–H groups in total. The summed E-state index contributed by atoms with van der Waals surface area (Å²) in [6.07, 6.45) is 3.48. The Morgan fingerprint density at radius 3 is 0.420 bits per heavy atom. The molecule has 8 aromatic carbocycles. The summed E-state index contributed by atoms with van der Waals surface area (Å²) in [5.74, 6) is 2.27. The fourth-order valence-electron chi connectivity index (χ4n) is 14.2. The third-order valence-corrected chi connectivity index (χ3v) is 21.1. The van der Waals surface area contributed by atoms with Gasteiger partial charge in [-0.15, -0.1) is 0 Å². The maximum Gasteiger partial charge on any atom is 0.126 e. The third-order valence-electron chi connectivity index (χ3n) is 21.1. The van der Waals surface area contributed by atoms with Crippen LogP contribution in [-0.4, -0.2) is 43.9 Å². The lowest BCUT2D eigenvalue weighted by Gasteiger charge is -2.27. The summed E-state index contributed by atoms with van der Waals surface area (Å²) in [7, 11) is 0. The minimum atomic E-state index is -0.334. The van der Waals surface area contributed by atoms with Crippen molar-refractivity contribution >= 4 is 0 Å². The minimum Gasteiger partial charge on any atom is -0.507 e. The van der Waals surface area contributed by atoms with Crippen LogP contribution in [0.1, 0.15) is 313 Å².